The summed E-state index contributed by atoms with van der Waals surface area (Å²) in [6.45, 7) is 2.06. The van der Waals surface area contributed by atoms with Gasteiger partial charge in [0.1, 0.15) is 5.82 Å². The second kappa shape index (κ2) is 6.54. The van der Waals surface area contributed by atoms with E-state index in [1.54, 1.807) is 12.1 Å². The third kappa shape index (κ3) is 3.60. The van der Waals surface area contributed by atoms with E-state index < -0.39 is 0 Å². The summed E-state index contributed by atoms with van der Waals surface area (Å²) in [7, 11) is 0. The zero-order chi connectivity index (χ0) is 14.7. The van der Waals surface area contributed by atoms with E-state index in [0.717, 1.165) is 19.5 Å². The van der Waals surface area contributed by atoms with Gasteiger partial charge in [0, 0.05) is 23.4 Å². The van der Waals surface area contributed by atoms with E-state index in [9.17, 15) is 4.39 Å². The first-order valence-corrected chi connectivity index (χ1v) is 7.55. The summed E-state index contributed by atoms with van der Waals surface area (Å²) in [4.78, 5) is 4.35. The summed E-state index contributed by atoms with van der Waals surface area (Å²) in [5.74, 6) is 1.28. The predicted molar refractivity (Wildman–Crippen MR) is 77.8 cm³/mol. The molecule has 3 rings (SSSR count). The van der Waals surface area contributed by atoms with Crippen LogP contribution in [-0.4, -0.2) is 23.2 Å². The van der Waals surface area contributed by atoms with E-state index >= 15 is 0 Å². The Morgan fingerprint density at radius 1 is 1.43 bits per heavy atom. The lowest BCUT2D eigenvalue weighted by molar-refractivity contribution is 0.314. The third-order valence-electron chi connectivity index (χ3n) is 3.77. The van der Waals surface area contributed by atoms with Crippen LogP contribution in [0.1, 0.15) is 30.1 Å². The summed E-state index contributed by atoms with van der Waals surface area (Å²) >= 11 is 6.01. The maximum atomic E-state index is 13.7. The SMILES string of the molecule is Fc1cccc(Cl)c1Cc1noc(CC2CCCNC2)n1. The Hall–Kier alpha value is -1.46. The minimum absolute atomic E-state index is 0.248. The number of nitrogens with zero attached hydrogens (tertiary/aromatic N) is 2. The number of benzene rings is 1. The summed E-state index contributed by atoms with van der Waals surface area (Å²) in [5.41, 5.74) is 0.408. The second-order valence-electron chi connectivity index (χ2n) is 5.40. The van der Waals surface area contributed by atoms with Gasteiger partial charge in [-0.1, -0.05) is 22.8 Å². The Morgan fingerprint density at radius 2 is 2.33 bits per heavy atom. The number of piperidine rings is 1. The van der Waals surface area contributed by atoms with E-state index in [1.165, 1.54) is 18.9 Å². The lowest BCUT2D eigenvalue weighted by Crippen LogP contribution is -2.30. The van der Waals surface area contributed by atoms with Crippen LogP contribution in [0, 0.1) is 11.7 Å². The highest BCUT2D eigenvalue weighted by Gasteiger charge is 2.18. The standard InChI is InChI=1S/C15H17ClFN3O/c16-12-4-1-5-13(17)11(12)8-14-19-15(21-20-14)7-10-3-2-6-18-9-10/h1,4-5,10,18H,2-3,6-9H2. The number of aromatic nitrogens is 2. The average molecular weight is 310 g/mol. The quantitative estimate of drug-likeness (QED) is 0.943. The maximum absolute atomic E-state index is 13.7. The molecule has 0 amide bonds. The van der Waals surface area contributed by atoms with Gasteiger partial charge in [-0.05, 0) is 44.0 Å². The van der Waals surface area contributed by atoms with Gasteiger partial charge in [0.25, 0.3) is 0 Å². The van der Waals surface area contributed by atoms with Crippen LogP contribution in [0.4, 0.5) is 4.39 Å². The smallest absolute Gasteiger partial charge is 0.226 e. The molecule has 1 aromatic heterocycles. The zero-order valence-corrected chi connectivity index (χ0v) is 12.4. The van der Waals surface area contributed by atoms with Crippen molar-refractivity contribution in [3.8, 4) is 0 Å². The first kappa shape index (κ1) is 14.5. The Labute approximate surface area is 127 Å². The molecule has 1 aliphatic heterocycles. The van der Waals surface area contributed by atoms with E-state index in [4.69, 9.17) is 16.1 Å². The van der Waals surface area contributed by atoms with Crippen molar-refractivity contribution in [2.75, 3.05) is 13.1 Å². The van der Waals surface area contributed by atoms with Gasteiger partial charge in [-0.25, -0.2) is 4.39 Å². The molecule has 1 fully saturated rings. The number of hydrogen-bond donors (Lipinski definition) is 1. The van der Waals surface area contributed by atoms with Gasteiger partial charge >= 0.3 is 0 Å². The van der Waals surface area contributed by atoms with Gasteiger partial charge in [-0.15, -0.1) is 0 Å². The summed E-state index contributed by atoms with van der Waals surface area (Å²) in [6, 6.07) is 4.63. The van der Waals surface area contributed by atoms with Gasteiger partial charge in [0.15, 0.2) is 5.82 Å². The summed E-state index contributed by atoms with van der Waals surface area (Å²) in [5, 5.41) is 7.67. The van der Waals surface area contributed by atoms with Crippen molar-refractivity contribution >= 4 is 11.6 Å². The Balaban J connectivity index is 1.67. The van der Waals surface area contributed by atoms with Crippen LogP contribution in [0.5, 0.6) is 0 Å². The number of halogens is 2. The molecule has 0 aliphatic carbocycles. The number of rotatable bonds is 4. The molecular formula is C15H17ClFN3O. The second-order valence-corrected chi connectivity index (χ2v) is 5.81. The van der Waals surface area contributed by atoms with Crippen LogP contribution in [0.15, 0.2) is 22.7 Å². The molecule has 2 heterocycles. The molecule has 1 aromatic carbocycles. The van der Waals surface area contributed by atoms with Crippen molar-refractivity contribution in [3.05, 3.63) is 46.3 Å². The fraction of sp³-hybridized carbons (Fsp3) is 0.467. The molecule has 0 spiro atoms. The van der Waals surface area contributed by atoms with Gasteiger partial charge < -0.3 is 9.84 Å². The van der Waals surface area contributed by atoms with E-state index in [0.29, 0.717) is 28.2 Å². The van der Waals surface area contributed by atoms with Crippen molar-refractivity contribution < 1.29 is 8.91 Å². The average Bonchev–Trinajstić information content (AvgIpc) is 2.91. The van der Waals surface area contributed by atoms with Crippen molar-refractivity contribution in [2.24, 2.45) is 5.92 Å². The normalized spacial score (nSPS) is 18.9. The van der Waals surface area contributed by atoms with E-state index in [-0.39, 0.29) is 12.2 Å². The molecule has 0 saturated carbocycles. The molecule has 1 unspecified atom stereocenters. The van der Waals surface area contributed by atoms with E-state index in [2.05, 4.69) is 15.5 Å². The number of nitrogens with one attached hydrogen (secondary N) is 1. The van der Waals surface area contributed by atoms with Crippen LogP contribution in [0.3, 0.4) is 0 Å². The molecule has 0 bridgehead atoms. The lowest BCUT2D eigenvalue weighted by atomic mass is 9.96. The van der Waals surface area contributed by atoms with Gasteiger partial charge in [0.05, 0.1) is 0 Å². The highest BCUT2D eigenvalue weighted by molar-refractivity contribution is 6.31. The monoisotopic (exact) mass is 309 g/mol. The largest absolute Gasteiger partial charge is 0.339 e. The Bertz CT molecular complexity index is 590. The van der Waals surface area contributed by atoms with Crippen LogP contribution < -0.4 is 5.32 Å². The summed E-state index contributed by atoms with van der Waals surface area (Å²) in [6.07, 6.45) is 3.36. The molecule has 21 heavy (non-hydrogen) atoms. The van der Waals surface area contributed by atoms with Gasteiger partial charge in [0.2, 0.25) is 5.89 Å². The van der Waals surface area contributed by atoms with E-state index in [1.807, 2.05) is 0 Å². The molecule has 1 saturated heterocycles. The molecule has 0 radical (unpaired) electrons. The van der Waals surface area contributed by atoms with Gasteiger partial charge in [-0.2, -0.15) is 4.98 Å². The zero-order valence-electron chi connectivity index (χ0n) is 11.6. The fourth-order valence-electron chi connectivity index (χ4n) is 2.65. The van der Waals surface area contributed by atoms with Crippen LogP contribution in [0.2, 0.25) is 5.02 Å². The molecule has 6 heteroatoms. The van der Waals surface area contributed by atoms with Crippen molar-refractivity contribution in [3.63, 3.8) is 0 Å². The Kier molecular flexibility index (Phi) is 4.51. The van der Waals surface area contributed by atoms with Gasteiger partial charge in [-0.3, -0.25) is 0 Å². The minimum Gasteiger partial charge on any atom is -0.339 e. The first-order chi connectivity index (χ1) is 10.2. The molecule has 1 N–H and O–H groups in total. The molecule has 1 atom stereocenters. The Morgan fingerprint density at radius 3 is 3.10 bits per heavy atom. The van der Waals surface area contributed by atoms with Crippen LogP contribution >= 0.6 is 11.6 Å². The molecule has 2 aromatic rings. The third-order valence-corrected chi connectivity index (χ3v) is 4.12. The molecule has 4 nitrogen and oxygen atoms in total. The fourth-order valence-corrected chi connectivity index (χ4v) is 2.88. The maximum Gasteiger partial charge on any atom is 0.226 e. The predicted octanol–water partition coefficient (Wildman–Crippen LogP) is 3.00. The molecular weight excluding hydrogens is 293 g/mol. The van der Waals surface area contributed by atoms with Crippen LogP contribution in [-0.2, 0) is 12.8 Å². The molecule has 112 valence electrons. The lowest BCUT2D eigenvalue weighted by Gasteiger charge is -2.20. The minimum atomic E-state index is -0.342. The van der Waals surface area contributed by atoms with Crippen molar-refractivity contribution in [2.45, 2.75) is 25.7 Å². The topological polar surface area (TPSA) is 51.0 Å². The van der Waals surface area contributed by atoms with Crippen LogP contribution in [0.25, 0.3) is 0 Å². The van der Waals surface area contributed by atoms with Crippen molar-refractivity contribution in [1.82, 2.24) is 15.5 Å². The first-order valence-electron chi connectivity index (χ1n) is 7.17. The molecule has 1 aliphatic rings. The number of hydrogen-bond acceptors (Lipinski definition) is 4. The highest BCUT2D eigenvalue weighted by atomic mass is 35.5. The summed E-state index contributed by atoms with van der Waals surface area (Å²) < 4.78 is 19.0. The highest BCUT2D eigenvalue weighted by Crippen LogP contribution is 2.22. The van der Waals surface area contributed by atoms with Crippen molar-refractivity contribution in [1.29, 1.82) is 0 Å².